The highest BCUT2D eigenvalue weighted by Gasteiger charge is 2.19. The van der Waals surface area contributed by atoms with Crippen LogP contribution < -0.4 is 9.47 Å². The summed E-state index contributed by atoms with van der Waals surface area (Å²) in [5, 5.41) is 1.04. The first-order chi connectivity index (χ1) is 9.97. The number of esters is 1. The highest BCUT2D eigenvalue weighted by atomic mass is 35.5. The Bertz CT molecular complexity index is 685. The van der Waals surface area contributed by atoms with E-state index < -0.39 is 5.97 Å². The summed E-state index contributed by atoms with van der Waals surface area (Å²) in [5.41, 5.74) is 0.574. The fraction of sp³-hybridized carbons (Fsp3) is 0.333. The highest BCUT2D eigenvalue weighted by molar-refractivity contribution is 6.35. The van der Waals surface area contributed by atoms with E-state index in [1.54, 1.807) is 19.2 Å². The Morgan fingerprint density at radius 2 is 1.95 bits per heavy atom. The van der Waals surface area contributed by atoms with Crippen molar-refractivity contribution in [2.24, 2.45) is 0 Å². The monoisotopic (exact) mass is 309 g/mol. The van der Waals surface area contributed by atoms with Gasteiger partial charge in [0.2, 0.25) is 0 Å². The summed E-state index contributed by atoms with van der Waals surface area (Å²) >= 11 is 6.19. The Hall–Kier alpha value is -2.01. The zero-order chi connectivity index (χ0) is 15.6. The van der Waals surface area contributed by atoms with Gasteiger partial charge in [0, 0.05) is 6.07 Å². The van der Waals surface area contributed by atoms with Crippen LogP contribution in [0, 0.1) is 0 Å². The minimum atomic E-state index is -0.551. The summed E-state index contributed by atoms with van der Waals surface area (Å²) in [6.07, 6.45) is -0.0789. The minimum absolute atomic E-state index is 0.0789. The lowest BCUT2D eigenvalue weighted by Gasteiger charge is -2.16. The number of pyridine rings is 1. The number of hydrogen-bond donors (Lipinski definition) is 0. The summed E-state index contributed by atoms with van der Waals surface area (Å²) in [4.78, 5) is 16.0. The number of aromatic nitrogens is 1. The van der Waals surface area contributed by atoms with Crippen LogP contribution in [0.1, 0.15) is 24.3 Å². The quantitative estimate of drug-likeness (QED) is 0.809. The summed E-state index contributed by atoms with van der Waals surface area (Å²) in [6, 6.07) is 4.93. The molecule has 0 aliphatic rings. The van der Waals surface area contributed by atoms with E-state index in [1.807, 2.05) is 13.8 Å². The van der Waals surface area contributed by atoms with E-state index in [1.165, 1.54) is 13.2 Å². The standard InChI is InChI=1S/C15H16ClNO4/c1-8(2)21-12-7-10(15(18)20-4)17-14-9(16)5-6-11(19-3)13(12)14/h5-8H,1-4H3. The number of halogens is 1. The molecule has 0 radical (unpaired) electrons. The second-order valence-corrected chi connectivity index (χ2v) is 5.04. The van der Waals surface area contributed by atoms with E-state index in [0.29, 0.717) is 27.4 Å². The molecule has 0 fully saturated rings. The average Bonchev–Trinajstić information content (AvgIpc) is 2.46. The highest BCUT2D eigenvalue weighted by Crippen LogP contribution is 2.37. The molecule has 5 nitrogen and oxygen atoms in total. The van der Waals surface area contributed by atoms with Crippen LogP contribution in [0.25, 0.3) is 10.9 Å². The van der Waals surface area contributed by atoms with Crippen molar-refractivity contribution in [3.8, 4) is 11.5 Å². The third kappa shape index (κ3) is 3.03. The van der Waals surface area contributed by atoms with Gasteiger partial charge in [0.25, 0.3) is 0 Å². The predicted molar refractivity (Wildman–Crippen MR) is 80.4 cm³/mol. The van der Waals surface area contributed by atoms with Crippen molar-refractivity contribution in [3.05, 3.63) is 28.9 Å². The van der Waals surface area contributed by atoms with Crippen molar-refractivity contribution in [3.63, 3.8) is 0 Å². The molecule has 0 spiro atoms. The molecule has 1 heterocycles. The van der Waals surface area contributed by atoms with E-state index in [-0.39, 0.29) is 11.8 Å². The lowest BCUT2D eigenvalue weighted by Crippen LogP contribution is -2.10. The second kappa shape index (κ2) is 6.18. The van der Waals surface area contributed by atoms with Crippen molar-refractivity contribution in [1.82, 2.24) is 4.98 Å². The molecule has 21 heavy (non-hydrogen) atoms. The molecule has 0 atom stereocenters. The maximum atomic E-state index is 11.7. The van der Waals surface area contributed by atoms with Gasteiger partial charge < -0.3 is 14.2 Å². The van der Waals surface area contributed by atoms with Gasteiger partial charge >= 0.3 is 5.97 Å². The topological polar surface area (TPSA) is 57.7 Å². The SMILES string of the molecule is COC(=O)c1cc(OC(C)C)c2c(OC)ccc(Cl)c2n1. The third-order valence-electron chi connectivity index (χ3n) is 2.81. The van der Waals surface area contributed by atoms with Crippen molar-refractivity contribution >= 4 is 28.5 Å². The number of nitrogens with zero attached hydrogens (tertiary/aromatic N) is 1. The molecular weight excluding hydrogens is 294 g/mol. The number of carbonyl (C=O) groups excluding carboxylic acids is 1. The number of rotatable bonds is 4. The van der Waals surface area contributed by atoms with E-state index >= 15 is 0 Å². The number of hydrogen-bond acceptors (Lipinski definition) is 5. The lowest BCUT2D eigenvalue weighted by atomic mass is 10.1. The van der Waals surface area contributed by atoms with Crippen LogP contribution in [0.4, 0.5) is 0 Å². The summed E-state index contributed by atoms with van der Waals surface area (Å²) in [7, 11) is 2.85. The number of benzene rings is 1. The zero-order valence-corrected chi connectivity index (χ0v) is 13.0. The van der Waals surface area contributed by atoms with Crippen LogP contribution in [0.3, 0.4) is 0 Å². The summed E-state index contributed by atoms with van der Waals surface area (Å²) in [5.74, 6) is 0.508. The second-order valence-electron chi connectivity index (χ2n) is 4.64. The van der Waals surface area contributed by atoms with Gasteiger partial charge in [0.15, 0.2) is 5.69 Å². The van der Waals surface area contributed by atoms with Crippen molar-refractivity contribution in [2.75, 3.05) is 14.2 Å². The number of ether oxygens (including phenoxy) is 3. The Kier molecular flexibility index (Phi) is 4.53. The molecule has 6 heteroatoms. The van der Waals surface area contributed by atoms with Gasteiger partial charge in [-0.3, -0.25) is 0 Å². The predicted octanol–water partition coefficient (Wildman–Crippen LogP) is 3.47. The molecule has 0 aliphatic heterocycles. The molecule has 0 unspecified atom stereocenters. The van der Waals surface area contributed by atoms with Crippen molar-refractivity contribution in [2.45, 2.75) is 20.0 Å². The van der Waals surface area contributed by atoms with Gasteiger partial charge in [-0.05, 0) is 26.0 Å². The smallest absolute Gasteiger partial charge is 0.356 e. The van der Waals surface area contributed by atoms with Gasteiger partial charge in [0.05, 0.1) is 36.2 Å². The fourth-order valence-electron chi connectivity index (χ4n) is 1.97. The van der Waals surface area contributed by atoms with Gasteiger partial charge in [-0.2, -0.15) is 0 Å². The van der Waals surface area contributed by atoms with E-state index in [9.17, 15) is 4.79 Å². The lowest BCUT2D eigenvalue weighted by molar-refractivity contribution is 0.0593. The van der Waals surface area contributed by atoms with Crippen molar-refractivity contribution < 1.29 is 19.0 Å². The van der Waals surface area contributed by atoms with Crippen molar-refractivity contribution in [1.29, 1.82) is 0 Å². The maximum absolute atomic E-state index is 11.7. The average molecular weight is 310 g/mol. The van der Waals surface area contributed by atoms with Crippen LogP contribution >= 0.6 is 11.6 Å². The molecule has 0 amide bonds. The summed E-state index contributed by atoms with van der Waals surface area (Å²) in [6.45, 7) is 3.78. The first kappa shape index (κ1) is 15.4. The molecular formula is C15H16ClNO4. The Morgan fingerprint density at radius 3 is 2.52 bits per heavy atom. The molecule has 2 aromatic rings. The fourth-order valence-corrected chi connectivity index (χ4v) is 2.17. The van der Waals surface area contributed by atoms with Crippen LogP contribution in [0.2, 0.25) is 5.02 Å². The summed E-state index contributed by atoms with van der Waals surface area (Å²) < 4.78 is 15.8. The number of methoxy groups -OCH3 is 2. The molecule has 0 bridgehead atoms. The van der Waals surface area contributed by atoms with Gasteiger partial charge in [-0.1, -0.05) is 11.6 Å². The molecule has 0 N–H and O–H groups in total. The number of fused-ring (bicyclic) bond motifs is 1. The largest absolute Gasteiger partial charge is 0.496 e. The first-order valence-electron chi connectivity index (χ1n) is 6.40. The molecule has 1 aromatic heterocycles. The van der Waals surface area contributed by atoms with Crippen LogP contribution in [-0.2, 0) is 4.74 Å². The molecule has 112 valence electrons. The molecule has 0 aliphatic carbocycles. The van der Waals surface area contributed by atoms with E-state index in [4.69, 9.17) is 25.8 Å². The van der Waals surface area contributed by atoms with Gasteiger partial charge in [-0.25, -0.2) is 9.78 Å². The molecule has 0 saturated heterocycles. The molecule has 1 aromatic carbocycles. The van der Waals surface area contributed by atoms with Gasteiger partial charge in [-0.15, -0.1) is 0 Å². The van der Waals surface area contributed by atoms with Crippen LogP contribution in [0.5, 0.6) is 11.5 Å². The van der Waals surface area contributed by atoms with E-state index in [2.05, 4.69) is 4.98 Å². The van der Waals surface area contributed by atoms with Crippen LogP contribution in [-0.4, -0.2) is 31.3 Å². The van der Waals surface area contributed by atoms with E-state index in [0.717, 1.165) is 0 Å². The maximum Gasteiger partial charge on any atom is 0.356 e. The molecule has 2 rings (SSSR count). The Balaban J connectivity index is 2.80. The first-order valence-corrected chi connectivity index (χ1v) is 6.78. The normalized spacial score (nSPS) is 10.8. The molecule has 0 saturated carbocycles. The van der Waals surface area contributed by atoms with Gasteiger partial charge in [0.1, 0.15) is 11.5 Å². The Morgan fingerprint density at radius 1 is 1.24 bits per heavy atom. The third-order valence-corrected chi connectivity index (χ3v) is 3.12. The zero-order valence-electron chi connectivity index (χ0n) is 12.3. The minimum Gasteiger partial charge on any atom is -0.496 e. The number of carbonyl (C=O) groups is 1. The Labute approximate surface area is 127 Å². The van der Waals surface area contributed by atoms with Crippen LogP contribution in [0.15, 0.2) is 18.2 Å².